The maximum Gasteiger partial charge on any atom is 0.0410 e. The second-order valence-electron chi connectivity index (χ2n) is 5.43. The summed E-state index contributed by atoms with van der Waals surface area (Å²) in [5.74, 6) is 0. The molecule has 0 aromatic carbocycles. The third-order valence-electron chi connectivity index (χ3n) is 4.07. The molecule has 2 aliphatic rings. The standard InChI is InChI=1S/C14H20BrN3/c15-13-7-12(8-16-9-13)10-17-6-3-14(11-17)18-4-1-2-5-18/h7-9,14H,1-6,10-11H2. The van der Waals surface area contributed by atoms with E-state index >= 15 is 0 Å². The topological polar surface area (TPSA) is 19.4 Å². The fourth-order valence-corrected chi connectivity index (χ4v) is 3.57. The van der Waals surface area contributed by atoms with Crippen molar-refractivity contribution in [1.82, 2.24) is 14.8 Å². The zero-order valence-electron chi connectivity index (χ0n) is 10.7. The molecule has 2 aliphatic heterocycles. The molecule has 1 aromatic heterocycles. The van der Waals surface area contributed by atoms with Gasteiger partial charge in [-0.25, -0.2) is 0 Å². The van der Waals surface area contributed by atoms with Gasteiger partial charge in [-0.1, -0.05) is 0 Å². The smallest absolute Gasteiger partial charge is 0.0410 e. The normalized spacial score (nSPS) is 25.9. The van der Waals surface area contributed by atoms with Crippen molar-refractivity contribution in [3.63, 3.8) is 0 Å². The van der Waals surface area contributed by atoms with E-state index in [-0.39, 0.29) is 0 Å². The molecule has 0 radical (unpaired) electrons. The lowest BCUT2D eigenvalue weighted by molar-refractivity contribution is 0.230. The average molecular weight is 310 g/mol. The first kappa shape index (κ1) is 12.6. The van der Waals surface area contributed by atoms with Crippen molar-refractivity contribution in [2.45, 2.75) is 31.8 Å². The number of likely N-dealkylation sites (tertiary alicyclic amines) is 2. The zero-order chi connectivity index (χ0) is 12.4. The molecule has 2 saturated heterocycles. The van der Waals surface area contributed by atoms with E-state index in [0.717, 1.165) is 17.1 Å². The number of hydrogen-bond acceptors (Lipinski definition) is 3. The van der Waals surface area contributed by atoms with Crippen LogP contribution in [0.1, 0.15) is 24.8 Å². The number of nitrogens with zero attached hydrogens (tertiary/aromatic N) is 3. The third-order valence-corrected chi connectivity index (χ3v) is 4.51. The molecule has 1 atom stereocenters. The van der Waals surface area contributed by atoms with Crippen molar-refractivity contribution in [2.75, 3.05) is 26.2 Å². The maximum atomic E-state index is 4.24. The van der Waals surface area contributed by atoms with Crippen LogP contribution in [0.15, 0.2) is 22.9 Å². The molecule has 0 spiro atoms. The Kier molecular flexibility index (Phi) is 3.97. The molecule has 98 valence electrons. The summed E-state index contributed by atoms with van der Waals surface area (Å²) in [4.78, 5) is 9.48. The Morgan fingerprint density at radius 1 is 1.22 bits per heavy atom. The van der Waals surface area contributed by atoms with Gasteiger partial charge >= 0.3 is 0 Å². The first-order valence-corrected chi connectivity index (χ1v) is 7.66. The van der Waals surface area contributed by atoms with Crippen LogP contribution < -0.4 is 0 Å². The second kappa shape index (κ2) is 5.68. The number of rotatable bonds is 3. The molecule has 3 nitrogen and oxygen atoms in total. The van der Waals surface area contributed by atoms with Crippen molar-refractivity contribution in [3.05, 3.63) is 28.5 Å². The summed E-state index contributed by atoms with van der Waals surface area (Å²) in [6.45, 7) is 6.13. The lowest BCUT2D eigenvalue weighted by Crippen LogP contribution is -2.35. The second-order valence-corrected chi connectivity index (χ2v) is 6.35. The van der Waals surface area contributed by atoms with Crippen LogP contribution in [0, 0.1) is 0 Å². The molecule has 0 saturated carbocycles. The van der Waals surface area contributed by atoms with E-state index in [9.17, 15) is 0 Å². The van der Waals surface area contributed by atoms with Gasteiger partial charge in [0.25, 0.3) is 0 Å². The largest absolute Gasteiger partial charge is 0.299 e. The van der Waals surface area contributed by atoms with E-state index in [2.05, 4.69) is 36.8 Å². The van der Waals surface area contributed by atoms with E-state index in [1.807, 2.05) is 12.4 Å². The lowest BCUT2D eigenvalue weighted by atomic mass is 10.2. The number of halogens is 1. The highest BCUT2D eigenvalue weighted by atomic mass is 79.9. The molecular formula is C14H20BrN3. The van der Waals surface area contributed by atoms with Crippen LogP contribution in [0.25, 0.3) is 0 Å². The quantitative estimate of drug-likeness (QED) is 0.855. The first-order valence-electron chi connectivity index (χ1n) is 6.87. The van der Waals surface area contributed by atoms with Gasteiger partial charge in [0.2, 0.25) is 0 Å². The summed E-state index contributed by atoms with van der Waals surface area (Å²) in [6.07, 6.45) is 7.95. The van der Waals surface area contributed by atoms with Gasteiger partial charge in [0, 0.05) is 42.5 Å². The van der Waals surface area contributed by atoms with Crippen molar-refractivity contribution >= 4 is 15.9 Å². The predicted octanol–water partition coefficient (Wildman–Crippen LogP) is 2.51. The monoisotopic (exact) mass is 309 g/mol. The van der Waals surface area contributed by atoms with E-state index in [4.69, 9.17) is 0 Å². The van der Waals surface area contributed by atoms with E-state index < -0.39 is 0 Å². The van der Waals surface area contributed by atoms with E-state index in [1.54, 1.807) is 0 Å². The van der Waals surface area contributed by atoms with E-state index in [0.29, 0.717) is 0 Å². The van der Waals surface area contributed by atoms with Crippen molar-refractivity contribution < 1.29 is 0 Å². The Hall–Kier alpha value is -0.450. The summed E-state index contributed by atoms with van der Waals surface area (Å²) < 4.78 is 1.08. The summed E-state index contributed by atoms with van der Waals surface area (Å²) in [5.41, 5.74) is 1.31. The van der Waals surface area contributed by atoms with Crippen LogP contribution >= 0.6 is 15.9 Å². The molecule has 0 N–H and O–H groups in total. The number of hydrogen-bond donors (Lipinski definition) is 0. The van der Waals surface area contributed by atoms with Gasteiger partial charge < -0.3 is 0 Å². The Morgan fingerprint density at radius 3 is 2.83 bits per heavy atom. The minimum Gasteiger partial charge on any atom is -0.299 e. The summed E-state index contributed by atoms with van der Waals surface area (Å²) in [7, 11) is 0. The van der Waals surface area contributed by atoms with Gasteiger partial charge in [-0.15, -0.1) is 0 Å². The molecule has 1 unspecified atom stereocenters. The molecule has 0 aliphatic carbocycles. The molecular weight excluding hydrogens is 290 g/mol. The fraction of sp³-hybridized carbons (Fsp3) is 0.643. The molecule has 3 rings (SSSR count). The molecule has 0 amide bonds. The van der Waals surface area contributed by atoms with Gasteiger partial charge in [0.05, 0.1) is 0 Å². The Bertz CT molecular complexity index is 404. The van der Waals surface area contributed by atoms with Crippen LogP contribution in [0.4, 0.5) is 0 Å². The highest BCUT2D eigenvalue weighted by molar-refractivity contribution is 9.10. The first-order chi connectivity index (χ1) is 8.81. The summed E-state index contributed by atoms with van der Waals surface area (Å²) in [5, 5.41) is 0. The van der Waals surface area contributed by atoms with Gasteiger partial charge in [0.1, 0.15) is 0 Å². The minimum atomic E-state index is 0.799. The molecule has 3 heterocycles. The fourth-order valence-electron chi connectivity index (χ4n) is 3.16. The molecule has 1 aromatic rings. The van der Waals surface area contributed by atoms with Crippen molar-refractivity contribution in [2.24, 2.45) is 0 Å². The molecule has 2 fully saturated rings. The van der Waals surface area contributed by atoms with Crippen LogP contribution in [0.2, 0.25) is 0 Å². The predicted molar refractivity (Wildman–Crippen MR) is 76.4 cm³/mol. The van der Waals surface area contributed by atoms with Gasteiger partial charge in [-0.05, 0) is 59.9 Å². The van der Waals surface area contributed by atoms with Crippen molar-refractivity contribution in [1.29, 1.82) is 0 Å². The number of aromatic nitrogens is 1. The molecule has 4 heteroatoms. The Morgan fingerprint density at radius 2 is 2.06 bits per heavy atom. The highest BCUT2D eigenvalue weighted by Crippen LogP contribution is 2.22. The van der Waals surface area contributed by atoms with Crippen molar-refractivity contribution in [3.8, 4) is 0 Å². The third kappa shape index (κ3) is 2.92. The highest BCUT2D eigenvalue weighted by Gasteiger charge is 2.28. The number of pyridine rings is 1. The Labute approximate surface area is 117 Å². The molecule has 0 bridgehead atoms. The van der Waals surface area contributed by atoms with Crippen LogP contribution in [0.3, 0.4) is 0 Å². The van der Waals surface area contributed by atoms with Gasteiger partial charge in [-0.3, -0.25) is 14.8 Å². The minimum absolute atomic E-state index is 0.799. The maximum absolute atomic E-state index is 4.24. The van der Waals surface area contributed by atoms with Gasteiger partial charge in [-0.2, -0.15) is 0 Å². The average Bonchev–Trinajstić information content (AvgIpc) is 2.98. The van der Waals surface area contributed by atoms with Crippen LogP contribution in [-0.2, 0) is 6.54 Å². The summed E-state index contributed by atoms with van der Waals surface area (Å²) in [6, 6.07) is 2.98. The lowest BCUT2D eigenvalue weighted by Gasteiger charge is -2.23. The van der Waals surface area contributed by atoms with Gasteiger partial charge in [0.15, 0.2) is 0 Å². The SMILES string of the molecule is Brc1cncc(CN2CCC(N3CCCC3)C2)c1. The summed E-state index contributed by atoms with van der Waals surface area (Å²) >= 11 is 3.49. The Balaban J connectivity index is 1.55. The van der Waals surface area contributed by atoms with Crippen LogP contribution in [-0.4, -0.2) is 47.0 Å². The van der Waals surface area contributed by atoms with E-state index in [1.165, 1.54) is 51.0 Å². The van der Waals surface area contributed by atoms with Crippen LogP contribution in [0.5, 0.6) is 0 Å². The molecule has 18 heavy (non-hydrogen) atoms. The zero-order valence-corrected chi connectivity index (χ0v) is 12.3.